The Morgan fingerprint density at radius 2 is 1.85 bits per heavy atom. The summed E-state index contributed by atoms with van der Waals surface area (Å²) in [7, 11) is -1.60. The van der Waals surface area contributed by atoms with Gasteiger partial charge < -0.3 is 20.3 Å². The van der Waals surface area contributed by atoms with E-state index < -0.39 is 20.1 Å². The number of nitrogens with zero attached hydrogens (tertiary/aromatic N) is 1. The van der Waals surface area contributed by atoms with Crippen molar-refractivity contribution in [2.75, 3.05) is 5.32 Å². The molecule has 0 saturated heterocycles. The number of hydrogen-bond acceptors (Lipinski definition) is 5. The molecule has 6 heteroatoms. The number of nitrogens with one attached hydrogen (secondary N) is 1. The average Bonchev–Trinajstić information content (AvgIpc) is 2.63. The van der Waals surface area contributed by atoms with Gasteiger partial charge in [0.2, 0.25) is 0 Å². The summed E-state index contributed by atoms with van der Waals surface area (Å²) in [5.74, 6) is 1.80. The molecular weight excluding hydrogens is 356 g/mol. The number of aliphatic hydroxyl groups excluding tert-OH is 1. The Hall–Kier alpha value is -3.06. The van der Waals surface area contributed by atoms with Crippen molar-refractivity contribution < 1.29 is 15.0 Å². The van der Waals surface area contributed by atoms with Crippen LogP contribution in [0.2, 0.25) is 19.6 Å². The van der Waals surface area contributed by atoms with E-state index in [2.05, 4.69) is 36.4 Å². The molecule has 27 heavy (non-hydrogen) atoms. The summed E-state index contributed by atoms with van der Waals surface area (Å²) in [4.78, 5) is 11.7. The van der Waals surface area contributed by atoms with Crippen LogP contribution in [0.25, 0.3) is 0 Å². The van der Waals surface area contributed by atoms with Gasteiger partial charge in [-0.3, -0.25) is 0 Å². The zero-order chi connectivity index (χ0) is 20.0. The Labute approximate surface area is 160 Å². The number of hydrogen-bond donors (Lipinski definition) is 2. The molecule has 0 aromatic heterocycles. The fraction of sp³-hybridized carbons (Fsp3) is 0.238. The minimum Gasteiger partial charge on any atom is -0.548 e. The van der Waals surface area contributed by atoms with Gasteiger partial charge in [-0.2, -0.15) is 5.26 Å². The van der Waals surface area contributed by atoms with Crippen molar-refractivity contribution in [1.82, 2.24) is 0 Å². The Morgan fingerprint density at radius 3 is 2.37 bits per heavy atom. The lowest BCUT2D eigenvalue weighted by atomic mass is 10.00. The normalized spacial score (nSPS) is 11.7. The van der Waals surface area contributed by atoms with E-state index in [-0.39, 0.29) is 6.61 Å². The van der Waals surface area contributed by atoms with E-state index >= 15 is 0 Å². The summed E-state index contributed by atoms with van der Waals surface area (Å²) < 4.78 is 0. The first-order valence-electron chi connectivity index (χ1n) is 8.47. The van der Waals surface area contributed by atoms with E-state index in [1.165, 1.54) is 0 Å². The van der Waals surface area contributed by atoms with Gasteiger partial charge in [-0.25, -0.2) is 0 Å². The van der Waals surface area contributed by atoms with Gasteiger partial charge in [-0.15, -0.1) is 5.54 Å². The molecule has 0 fully saturated rings. The number of benzene rings is 2. The quantitative estimate of drug-likeness (QED) is 0.615. The third-order valence-corrected chi connectivity index (χ3v) is 4.55. The molecule has 0 saturated carbocycles. The number of carbonyl (C=O) groups excluding carboxylic acids is 1. The lowest BCUT2D eigenvalue weighted by Crippen LogP contribution is -2.34. The molecule has 0 aliphatic carbocycles. The molecule has 1 atom stereocenters. The lowest BCUT2D eigenvalue weighted by molar-refractivity contribution is -0.307. The summed E-state index contributed by atoms with van der Waals surface area (Å²) in [6.45, 7) is 6.14. The van der Waals surface area contributed by atoms with E-state index in [0.29, 0.717) is 27.9 Å². The average molecular weight is 377 g/mol. The predicted molar refractivity (Wildman–Crippen MR) is 105 cm³/mol. The Morgan fingerprint density at radius 1 is 1.19 bits per heavy atom. The number of carbonyl (C=O) groups is 1. The molecule has 2 aromatic rings. The topological polar surface area (TPSA) is 96.2 Å². The molecule has 5 nitrogen and oxygen atoms in total. The van der Waals surface area contributed by atoms with Crippen molar-refractivity contribution in [1.29, 1.82) is 5.26 Å². The lowest BCUT2D eigenvalue weighted by Gasteiger charge is -2.22. The first kappa shape index (κ1) is 20.3. The third kappa shape index (κ3) is 6.00. The SMILES string of the molecule is C[Si](C)(C)C#Cc1cc(CO)cc(C(Nc2ccc(C#N)cc2)C(=O)[O-])c1. The van der Waals surface area contributed by atoms with Crippen molar-refractivity contribution in [3.8, 4) is 17.5 Å². The fourth-order valence-electron chi connectivity index (χ4n) is 2.39. The van der Waals surface area contributed by atoms with Gasteiger partial charge in [0.05, 0.1) is 30.3 Å². The summed E-state index contributed by atoms with van der Waals surface area (Å²) in [5, 5.41) is 33.0. The van der Waals surface area contributed by atoms with Gasteiger partial charge in [0, 0.05) is 11.3 Å². The number of rotatable bonds is 5. The Bertz CT molecular complexity index is 929. The molecule has 0 aliphatic heterocycles. The highest BCUT2D eigenvalue weighted by molar-refractivity contribution is 6.83. The minimum absolute atomic E-state index is 0.216. The Kier molecular flexibility index (Phi) is 6.41. The zero-order valence-corrected chi connectivity index (χ0v) is 16.5. The van der Waals surface area contributed by atoms with E-state index in [4.69, 9.17) is 5.26 Å². The van der Waals surface area contributed by atoms with Crippen LogP contribution in [0.3, 0.4) is 0 Å². The number of aliphatic hydroxyl groups is 1. The third-order valence-electron chi connectivity index (χ3n) is 3.67. The van der Waals surface area contributed by atoms with Gasteiger partial charge in [0.15, 0.2) is 0 Å². The molecular formula is C21H21N2O3Si-. The van der Waals surface area contributed by atoms with Crippen LogP contribution in [0.4, 0.5) is 5.69 Å². The molecule has 0 radical (unpaired) electrons. The van der Waals surface area contributed by atoms with Crippen molar-refractivity contribution in [3.63, 3.8) is 0 Å². The zero-order valence-electron chi connectivity index (χ0n) is 15.5. The Balaban J connectivity index is 2.41. The van der Waals surface area contributed by atoms with E-state index in [1.54, 1.807) is 42.5 Å². The van der Waals surface area contributed by atoms with Crippen LogP contribution in [0.15, 0.2) is 42.5 Å². The molecule has 2 aromatic carbocycles. The largest absolute Gasteiger partial charge is 0.548 e. The second kappa shape index (κ2) is 8.55. The smallest absolute Gasteiger partial charge is 0.129 e. The highest BCUT2D eigenvalue weighted by atomic mass is 28.3. The minimum atomic E-state index is -1.60. The van der Waals surface area contributed by atoms with E-state index in [0.717, 1.165) is 0 Å². The maximum atomic E-state index is 11.7. The highest BCUT2D eigenvalue weighted by Gasteiger charge is 2.15. The van der Waals surface area contributed by atoms with E-state index in [9.17, 15) is 15.0 Å². The molecule has 1 unspecified atom stereocenters. The first-order chi connectivity index (χ1) is 12.7. The number of aliphatic carboxylic acids is 1. The molecule has 2 N–H and O–H groups in total. The van der Waals surface area contributed by atoms with Gasteiger partial charge in [-0.05, 0) is 47.5 Å². The van der Waals surface area contributed by atoms with Gasteiger partial charge in [0.1, 0.15) is 8.07 Å². The van der Waals surface area contributed by atoms with Crippen LogP contribution in [-0.2, 0) is 11.4 Å². The number of anilines is 1. The monoisotopic (exact) mass is 377 g/mol. The van der Waals surface area contributed by atoms with Crippen molar-refractivity contribution in [2.24, 2.45) is 0 Å². The maximum Gasteiger partial charge on any atom is 0.129 e. The number of carboxylic acid groups (broad SMARTS) is 1. The highest BCUT2D eigenvalue weighted by Crippen LogP contribution is 2.22. The fourth-order valence-corrected chi connectivity index (χ4v) is 2.91. The van der Waals surface area contributed by atoms with E-state index in [1.807, 2.05) is 6.07 Å². The maximum absolute atomic E-state index is 11.7. The van der Waals surface area contributed by atoms with Crippen molar-refractivity contribution >= 4 is 19.7 Å². The molecule has 0 bridgehead atoms. The van der Waals surface area contributed by atoms with Crippen LogP contribution in [0, 0.1) is 22.8 Å². The molecule has 0 aliphatic rings. The molecule has 0 heterocycles. The number of nitriles is 1. The van der Waals surface area contributed by atoms with Gasteiger partial charge in [0.25, 0.3) is 0 Å². The summed E-state index contributed by atoms with van der Waals surface area (Å²) >= 11 is 0. The van der Waals surface area contributed by atoms with Crippen LogP contribution in [0.1, 0.15) is 28.3 Å². The predicted octanol–water partition coefficient (Wildman–Crippen LogP) is 2.18. The number of carboxylic acids is 1. The summed E-state index contributed by atoms with van der Waals surface area (Å²) in [5.41, 5.74) is 5.96. The van der Waals surface area contributed by atoms with Gasteiger partial charge in [-0.1, -0.05) is 31.6 Å². The second-order valence-electron chi connectivity index (χ2n) is 7.21. The second-order valence-corrected chi connectivity index (χ2v) is 12.0. The summed E-state index contributed by atoms with van der Waals surface area (Å²) in [6, 6.07) is 12.4. The first-order valence-corrected chi connectivity index (χ1v) is 12.0. The van der Waals surface area contributed by atoms with Crippen molar-refractivity contribution in [3.05, 3.63) is 64.7 Å². The molecule has 2 rings (SSSR count). The standard InChI is InChI=1S/C21H22N2O3Si/c1-27(2,3)9-8-16-10-17(14-24)12-18(11-16)20(21(25)26)23-19-6-4-15(13-22)5-7-19/h4-7,10-12,20,23-24H,14H2,1-3H3,(H,25,26)/p-1. The summed E-state index contributed by atoms with van der Waals surface area (Å²) in [6.07, 6.45) is 0. The molecule has 138 valence electrons. The molecule has 0 amide bonds. The van der Waals surface area contributed by atoms with Crippen LogP contribution >= 0.6 is 0 Å². The van der Waals surface area contributed by atoms with Crippen LogP contribution in [-0.4, -0.2) is 19.1 Å². The van der Waals surface area contributed by atoms with Crippen LogP contribution < -0.4 is 10.4 Å². The van der Waals surface area contributed by atoms with Crippen LogP contribution in [0.5, 0.6) is 0 Å². The van der Waals surface area contributed by atoms with Crippen molar-refractivity contribution in [2.45, 2.75) is 32.3 Å². The molecule has 0 spiro atoms. The van der Waals surface area contributed by atoms with Gasteiger partial charge >= 0.3 is 0 Å².